The normalized spacial score (nSPS) is 12.3. The Bertz CT molecular complexity index is 2150. The molecule has 0 heterocycles. The average molecular weight is 951 g/mol. The average Bonchev–Trinajstić information content (AvgIpc) is 3.65. The molecule has 0 radical (unpaired) electrons. The van der Waals surface area contributed by atoms with Gasteiger partial charge in [-0.25, -0.2) is 14.4 Å². The van der Waals surface area contributed by atoms with Crippen molar-refractivity contribution in [3.8, 4) is 16.9 Å². The Labute approximate surface area is 410 Å². The van der Waals surface area contributed by atoms with Crippen molar-refractivity contribution in [2.45, 2.75) is 156 Å². The third-order valence-corrected chi connectivity index (χ3v) is 11.3. The number of amides is 4. The molecule has 0 aliphatic heterocycles. The number of aromatic hydroxyl groups is 1. The maximum atomic E-state index is 14.0. The van der Waals surface area contributed by atoms with Gasteiger partial charge >= 0.3 is 18.2 Å². The van der Waals surface area contributed by atoms with Crippen LogP contribution in [0.1, 0.15) is 140 Å². The largest absolute Gasteiger partial charge is 0.508 e. The van der Waals surface area contributed by atoms with E-state index in [-0.39, 0.29) is 31.5 Å². The molecule has 4 amide bonds. The number of hydrogen-bond acceptors (Lipinski definition) is 9. The van der Waals surface area contributed by atoms with Gasteiger partial charge in [-0.05, 0) is 106 Å². The minimum Gasteiger partial charge on any atom is -0.508 e. The summed E-state index contributed by atoms with van der Waals surface area (Å²) in [5.41, 5.74) is 6.64. The fourth-order valence-corrected chi connectivity index (χ4v) is 7.78. The zero-order valence-corrected chi connectivity index (χ0v) is 42.5. The fourth-order valence-electron chi connectivity index (χ4n) is 7.78. The van der Waals surface area contributed by atoms with Crippen molar-refractivity contribution < 1.29 is 43.3 Å². The van der Waals surface area contributed by atoms with Crippen molar-refractivity contribution >= 4 is 30.0 Å². The standard InChI is InChI=1S/C46H62N4O8.C8H10O.C2H6/c1-6-8-21-33(22-9-7-2)57-43(53)39(27-17-18-28-47-45(55)58-46(3,4)5)50-42(52)40(29-32-19-11-10-12-20-32)49-41(51)30-48-44(54)56-31-38-36-25-15-13-23-34(36)35-24-14-16-26-37(35)38;1-6-3-4-8(9)7(2)5-6;1-2/h10-16,19-20,23-26,33,38-40H,6-9,17-18,21-22,27-31H2,1-5H3,(H,47,55)(H,48,54)(H,49,51)(H,50,52);3-5,9H,1-2H3;1-2H3. The first kappa shape index (κ1) is 57.0. The van der Waals surface area contributed by atoms with Crippen molar-refractivity contribution in [3.63, 3.8) is 0 Å². The number of aryl methyl sites for hydroxylation is 2. The van der Waals surface area contributed by atoms with Crippen LogP contribution in [0.2, 0.25) is 0 Å². The van der Waals surface area contributed by atoms with E-state index in [2.05, 4.69) is 47.2 Å². The van der Waals surface area contributed by atoms with Crippen LogP contribution in [0.25, 0.3) is 11.1 Å². The Hall–Kier alpha value is -6.37. The summed E-state index contributed by atoms with van der Waals surface area (Å²) in [6.07, 6.45) is 5.04. The number of fused-ring (bicyclic) bond motifs is 3. The number of nitrogens with one attached hydrogen (secondary N) is 4. The maximum Gasteiger partial charge on any atom is 0.407 e. The van der Waals surface area contributed by atoms with Crippen LogP contribution in [0.3, 0.4) is 0 Å². The molecule has 0 fully saturated rings. The lowest BCUT2D eigenvalue weighted by Gasteiger charge is -2.25. The molecule has 0 aromatic heterocycles. The second kappa shape index (κ2) is 30.2. The topological polar surface area (TPSA) is 181 Å². The molecule has 0 saturated heterocycles. The van der Waals surface area contributed by atoms with Crippen molar-refractivity contribution in [3.05, 3.63) is 125 Å². The van der Waals surface area contributed by atoms with Gasteiger partial charge in [0.25, 0.3) is 0 Å². The number of esters is 1. The molecule has 13 nitrogen and oxygen atoms in total. The summed E-state index contributed by atoms with van der Waals surface area (Å²) in [6, 6.07) is 28.7. The van der Waals surface area contributed by atoms with Crippen LogP contribution in [0.4, 0.5) is 9.59 Å². The first-order valence-electron chi connectivity index (χ1n) is 24.7. The SMILES string of the molecule is CC.CCCCC(CCCC)OC(=O)C(CCCCNC(=O)OC(C)(C)C)NC(=O)C(Cc1ccccc1)NC(=O)CNC(=O)OCC1c2ccccc2-c2ccccc21.Cc1ccc(O)c(C)c1. The van der Waals surface area contributed by atoms with E-state index in [4.69, 9.17) is 19.3 Å². The predicted octanol–water partition coefficient (Wildman–Crippen LogP) is 10.8. The number of carbonyl (C=O) groups is 5. The van der Waals surface area contributed by atoms with Crippen molar-refractivity contribution in [1.82, 2.24) is 21.3 Å². The van der Waals surface area contributed by atoms with Crippen LogP contribution in [0, 0.1) is 13.8 Å². The monoisotopic (exact) mass is 951 g/mol. The van der Waals surface area contributed by atoms with Crippen LogP contribution in [0.5, 0.6) is 5.75 Å². The van der Waals surface area contributed by atoms with Gasteiger partial charge in [-0.15, -0.1) is 0 Å². The molecule has 5 rings (SSSR count). The van der Waals surface area contributed by atoms with Crippen molar-refractivity contribution in [2.24, 2.45) is 0 Å². The highest BCUT2D eigenvalue weighted by Gasteiger charge is 2.31. The second-order valence-corrected chi connectivity index (χ2v) is 18.1. The van der Waals surface area contributed by atoms with E-state index < -0.39 is 54.2 Å². The number of hydrogen-bond donors (Lipinski definition) is 5. The smallest absolute Gasteiger partial charge is 0.407 e. The first-order chi connectivity index (χ1) is 33.1. The van der Waals surface area contributed by atoms with E-state index in [1.165, 1.54) is 5.56 Å². The number of carbonyl (C=O) groups excluding carboxylic acids is 5. The zero-order chi connectivity index (χ0) is 50.8. The first-order valence-corrected chi connectivity index (χ1v) is 24.7. The van der Waals surface area contributed by atoms with Crippen molar-refractivity contribution in [2.75, 3.05) is 19.7 Å². The maximum absolute atomic E-state index is 14.0. The Morgan fingerprint density at radius 3 is 1.84 bits per heavy atom. The van der Waals surface area contributed by atoms with Crippen LogP contribution in [-0.4, -0.2) is 78.6 Å². The van der Waals surface area contributed by atoms with Gasteiger partial charge < -0.3 is 40.6 Å². The highest BCUT2D eigenvalue weighted by molar-refractivity contribution is 5.92. The highest BCUT2D eigenvalue weighted by Crippen LogP contribution is 2.44. The Kier molecular flexibility index (Phi) is 24.9. The lowest BCUT2D eigenvalue weighted by Crippen LogP contribution is -2.54. The number of ether oxygens (including phenoxy) is 3. The Morgan fingerprint density at radius 1 is 0.681 bits per heavy atom. The molecule has 0 spiro atoms. The molecule has 0 saturated carbocycles. The number of phenols is 1. The van der Waals surface area contributed by atoms with Crippen LogP contribution < -0.4 is 21.3 Å². The lowest BCUT2D eigenvalue weighted by molar-refractivity contribution is -0.154. The molecular formula is C56H78N4O9. The number of phenolic OH excluding ortho intramolecular Hbond substituents is 1. The fraction of sp³-hybridized carbons (Fsp3) is 0.482. The van der Waals surface area contributed by atoms with Crippen LogP contribution >= 0.6 is 0 Å². The molecule has 1 aliphatic rings. The van der Waals surface area contributed by atoms with Gasteiger partial charge in [0.1, 0.15) is 42.7 Å². The lowest BCUT2D eigenvalue weighted by atomic mass is 9.98. The van der Waals surface area contributed by atoms with Crippen LogP contribution in [0.15, 0.2) is 97.1 Å². The highest BCUT2D eigenvalue weighted by atomic mass is 16.6. The van der Waals surface area contributed by atoms with Gasteiger partial charge in [0.15, 0.2) is 0 Å². The number of rotatable bonds is 22. The third kappa shape index (κ3) is 20.4. The quantitative estimate of drug-likeness (QED) is 0.0291. The Morgan fingerprint density at radius 2 is 1.28 bits per heavy atom. The Balaban J connectivity index is 0.00000101. The molecular weight excluding hydrogens is 873 g/mol. The summed E-state index contributed by atoms with van der Waals surface area (Å²) >= 11 is 0. The van der Waals surface area contributed by atoms with Gasteiger partial charge in [-0.1, -0.05) is 150 Å². The molecule has 69 heavy (non-hydrogen) atoms. The molecule has 376 valence electrons. The van der Waals surface area contributed by atoms with Crippen LogP contribution in [-0.2, 0) is 35.0 Å². The van der Waals surface area contributed by atoms with Crippen molar-refractivity contribution in [1.29, 1.82) is 0 Å². The van der Waals surface area contributed by atoms with E-state index in [0.29, 0.717) is 25.1 Å². The summed E-state index contributed by atoms with van der Waals surface area (Å²) < 4.78 is 16.9. The molecule has 1 aliphatic carbocycles. The van der Waals surface area contributed by atoms with E-state index in [1.54, 1.807) is 26.8 Å². The molecule has 5 N–H and O–H groups in total. The molecule has 4 aromatic rings. The van der Waals surface area contributed by atoms with Gasteiger partial charge in [0, 0.05) is 18.9 Å². The summed E-state index contributed by atoms with van der Waals surface area (Å²) in [4.78, 5) is 66.0. The zero-order valence-electron chi connectivity index (χ0n) is 42.5. The number of unbranched alkanes of at least 4 members (excludes halogenated alkanes) is 3. The molecule has 0 bridgehead atoms. The molecule has 2 unspecified atom stereocenters. The number of alkyl carbamates (subject to hydrolysis) is 2. The summed E-state index contributed by atoms with van der Waals surface area (Å²) in [7, 11) is 0. The van der Waals surface area contributed by atoms with E-state index in [9.17, 15) is 24.0 Å². The molecule has 4 aromatic carbocycles. The summed E-state index contributed by atoms with van der Waals surface area (Å²) in [6.45, 7) is 17.4. The van der Waals surface area contributed by atoms with E-state index in [1.807, 2.05) is 107 Å². The van der Waals surface area contributed by atoms with E-state index in [0.717, 1.165) is 71.9 Å². The van der Waals surface area contributed by atoms with Gasteiger partial charge in [-0.2, -0.15) is 0 Å². The third-order valence-electron chi connectivity index (χ3n) is 11.3. The summed E-state index contributed by atoms with van der Waals surface area (Å²) in [5, 5.41) is 19.9. The van der Waals surface area contributed by atoms with Gasteiger partial charge in [0.05, 0.1) is 0 Å². The summed E-state index contributed by atoms with van der Waals surface area (Å²) in [5.74, 6) is -1.46. The molecule has 13 heteroatoms. The minimum atomic E-state index is -1.07. The minimum absolute atomic E-state index is 0.0901. The van der Waals surface area contributed by atoms with Gasteiger partial charge in [-0.3, -0.25) is 9.59 Å². The van der Waals surface area contributed by atoms with E-state index >= 15 is 0 Å². The number of benzene rings is 4. The van der Waals surface area contributed by atoms with Gasteiger partial charge in [0.2, 0.25) is 11.8 Å². The predicted molar refractivity (Wildman–Crippen MR) is 273 cm³/mol. The second-order valence-electron chi connectivity index (χ2n) is 18.1. The molecule has 2 atom stereocenters.